The predicted molar refractivity (Wildman–Crippen MR) is 60.7 cm³/mol. The van der Waals surface area contributed by atoms with Crippen LogP contribution in [0.2, 0.25) is 0 Å². The molecule has 0 unspecified atom stereocenters. The van der Waals surface area contributed by atoms with Gasteiger partial charge < -0.3 is 16.4 Å². The van der Waals surface area contributed by atoms with Crippen molar-refractivity contribution in [2.45, 2.75) is 6.54 Å². The van der Waals surface area contributed by atoms with Gasteiger partial charge in [-0.2, -0.15) is 0 Å². The Hall–Kier alpha value is -0.360. The topological polar surface area (TPSA) is 55.3 Å². The van der Waals surface area contributed by atoms with Crippen LogP contribution in [0.15, 0.2) is 0 Å². The molecular weight excluding hydrogens is 202 g/mol. The number of hydrogen-bond donors (Lipinski definition) is 2. The van der Waals surface area contributed by atoms with E-state index in [0.29, 0.717) is 13.1 Å². The molecule has 0 aliphatic carbocycles. The van der Waals surface area contributed by atoms with E-state index in [9.17, 15) is 0 Å². The highest BCUT2D eigenvalue weighted by Gasteiger charge is 2.15. The van der Waals surface area contributed by atoms with E-state index in [1.807, 2.05) is 11.9 Å². The second-order valence-corrected chi connectivity index (χ2v) is 3.72. The summed E-state index contributed by atoms with van der Waals surface area (Å²) in [4.78, 5) is 2.01. The van der Waals surface area contributed by atoms with E-state index in [0.717, 1.165) is 26.8 Å². The fourth-order valence-corrected chi connectivity index (χ4v) is 2.00. The molecule has 0 aromatic heterocycles. The first-order chi connectivity index (χ1) is 6.13. The van der Waals surface area contributed by atoms with E-state index >= 15 is 0 Å². The minimum atomic E-state index is 0.462. The van der Waals surface area contributed by atoms with Crippen molar-refractivity contribution in [1.29, 1.82) is 0 Å². The fourth-order valence-electron chi connectivity index (χ4n) is 1.33. The van der Waals surface area contributed by atoms with Crippen LogP contribution < -0.4 is 16.4 Å². The number of rotatable bonds is 4. The molecule has 72 valence electrons. The van der Waals surface area contributed by atoms with Gasteiger partial charge in [0.05, 0.1) is 14.7 Å². The summed E-state index contributed by atoms with van der Waals surface area (Å²) >= 11 is 10.2. The summed E-state index contributed by atoms with van der Waals surface area (Å²) in [5.41, 5.74) is 13.0. The van der Waals surface area contributed by atoms with Crippen molar-refractivity contribution < 1.29 is 0 Å². The quantitative estimate of drug-likeness (QED) is 0.730. The monoisotopic (exact) mass is 215 g/mol. The second kappa shape index (κ2) is 4.23. The maximum atomic E-state index is 5.55. The Labute approximate surface area is 88.0 Å². The van der Waals surface area contributed by atoms with Gasteiger partial charge in [0.2, 0.25) is 0 Å². The summed E-state index contributed by atoms with van der Waals surface area (Å²) in [5, 5.41) is 0. The first-order valence-electron chi connectivity index (χ1n) is 4.07. The number of nitrogens with two attached hydrogens (primary N) is 2. The molecule has 1 aromatic rings. The lowest BCUT2D eigenvalue weighted by molar-refractivity contribution is 0.864. The third-order valence-corrected chi connectivity index (χ3v) is 3.01. The molecule has 0 aliphatic heterocycles. The summed E-state index contributed by atoms with van der Waals surface area (Å²) in [6, 6.07) is 0. The van der Waals surface area contributed by atoms with E-state index in [2.05, 4.69) is 0 Å². The van der Waals surface area contributed by atoms with Crippen molar-refractivity contribution in [3.63, 3.8) is 0 Å². The SMILES string of the molecule is CN(CCN)c1c(CN)c(=S)c1=S. The van der Waals surface area contributed by atoms with Gasteiger partial charge in [-0.3, -0.25) is 0 Å². The van der Waals surface area contributed by atoms with Crippen LogP contribution in [0.5, 0.6) is 0 Å². The molecule has 1 aromatic carbocycles. The highest BCUT2D eigenvalue weighted by molar-refractivity contribution is 7.74. The van der Waals surface area contributed by atoms with E-state index in [-0.39, 0.29) is 0 Å². The van der Waals surface area contributed by atoms with Gasteiger partial charge in [-0.05, 0) is 0 Å². The third kappa shape index (κ3) is 1.78. The van der Waals surface area contributed by atoms with Gasteiger partial charge in [0.25, 0.3) is 0 Å². The van der Waals surface area contributed by atoms with E-state index in [1.165, 1.54) is 0 Å². The molecule has 13 heavy (non-hydrogen) atoms. The van der Waals surface area contributed by atoms with Gasteiger partial charge in [-0.15, -0.1) is 0 Å². The second-order valence-electron chi connectivity index (χ2n) is 2.90. The van der Waals surface area contributed by atoms with Crippen LogP contribution in [-0.4, -0.2) is 20.1 Å². The van der Waals surface area contributed by atoms with Crippen LogP contribution in [0.3, 0.4) is 0 Å². The first-order valence-corrected chi connectivity index (χ1v) is 4.88. The minimum absolute atomic E-state index is 0.462. The molecule has 0 atom stereocenters. The zero-order valence-electron chi connectivity index (χ0n) is 7.54. The number of nitrogens with zero attached hydrogens (tertiary/aromatic N) is 1. The zero-order valence-corrected chi connectivity index (χ0v) is 9.17. The average molecular weight is 215 g/mol. The van der Waals surface area contributed by atoms with E-state index in [1.54, 1.807) is 0 Å². The maximum absolute atomic E-state index is 5.55. The van der Waals surface area contributed by atoms with Crippen LogP contribution in [0, 0.1) is 9.02 Å². The lowest BCUT2D eigenvalue weighted by atomic mass is 10.1. The Balaban J connectivity index is 2.95. The van der Waals surface area contributed by atoms with Gasteiger partial charge in [-0.1, -0.05) is 24.4 Å². The third-order valence-electron chi connectivity index (χ3n) is 2.03. The molecule has 0 aliphatic rings. The molecule has 0 fully saturated rings. The number of hydrogen-bond acceptors (Lipinski definition) is 5. The molecule has 0 bridgehead atoms. The molecule has 1 rings (SSSR count). The number of likely N-dealkylation sites (N-methyl/N-ethyl adjacent to an activating group) is 1. The van der Waals surface area contributed by atoms with Crippen molar-refractivity contribution in [1.82, 2.24) is 0 Å². The van der Waals surface area contributed by atoms with Gasteiger partial charge >= 0.3 is 0 Å². The van der Waals surface area contributed by atoms with Crippen molar-refractivity contribution >= 4 is 30.1 Å². The summed E-state index contributed by atoms with van der Waals surface area (Å²) in [6.07, 6.45) is 0. The molecule has 0 heterocycles. The largest absolute Gasteiger partial charge is 0.372 e. The molecule has 0 saturated carbocycles. The van der Waals surface area contributed by atoms with Crippen LogP contribution in [-0.2, 0) is 6.54 Å². The lowest BCUT2D eigenvalue weighted by Crippen LogP contribution is -2.28. The standard InChI is InChI=1S/C8H13N3S2/c1-11(3-2-9)6-5(4-10)7(12)8(6)13/h2-4,9-10H2,1H3. The van der Waals surface area contributed by atoms with Crippen LogP contribution >= 0.6 is 24.4 Å². The highest BCUT2D eigenvalue weighted by Crippen LogP contribution is 2.28. The van der Waals surface area contributed by atoms with Crippen molar-refractivity contribution in [3.8, 4) is 0 Å². The molecule has 3 nitrogen and oxygen atoms in total. The van der Waals surface area contributed by atoms with Crippen LogP contribution in [0.1, 0.15) is 5.56 Å². The molecule has 0 saturated heterocycles. The van der Waals surface area contributed by atoms with Crippen molar-refractivity contribution in [2.75, 3.05) is 25.0 Å². The van der Waals surface area contributed by atoms with E-state index in [4.69, 9.17) is 35.9 Å². The molecular formula is C8H13N3S2. The maximum Gasteiger partial charge on any atom is 0.0799 e. The zero-order chi connectivity index (χ0) is 10.0. The Morgan fingerprint density at radius 2 is 1.85 bits per heavy atom. The smallest absolute Gasteiger partial charge is 0.0799 e. The average Bonchev–Trinajstić information content (AvgIpc) is 2.12. The Morgan fingerprint density at radius 1 is 1.23 bits per heavy atom. The predicted octanol–water partition coefficient (Wildman–Crippen LogP) is 0.875. The van der Waals surface area contributed by atoms with Gasteiger partial charge in [0, 0.05) is 32.2 Å². The Kier molecular flexibility index (Phi) is 3.49. The minimum Gasteiger partial charge on any atom is -0.372 e. The Morgan fingerprint density at radius 3 is 2.31 bits per heavy atom. The summed E-state index contributed by atoms with van der Waals surface area (Å²) < 4.78 is 1.50. The first kappa shape index (κ1) is 10.7. The normalized spacial score (nSPS) is 10.7. The molecule has 4 N–H and O–H groups in total. The molecule has 0 amide bonds. The van der Waals surface area contributed by atoms with E-state index < -0.39 is 0 Å². The molecule has 5 heteroatoms. The van der Waals surface area contributed by atoms with Gasteiger partial charge in [0.1, 0.15) is 0 Å². The summed E-state index contributed by atoms with van der Waals surface area (Å²) in [7, 11) is 1.95. The van der Waals surface area contributed by atoms with Crippen molar-refractivity contribution in [2.24, 2.45) is 11.5 Å². The van der Waals surface area contributed by atoms with Crippen LogP contribution in [0.4, 0.5) is 5.69 Å². The fraction of sp³-hybridized carbons (Fsp3) is 0.500. The van der Waals surface area contributed by atoms with Gasteiger partial charge in [-0.25, -0.2) is 0 Å². The highest BCUT2D eigenvalue weighted by atomic mass is 32.1. The molecule has 0 radical (unpaired) electrons. The lowest BCUT2D eigenvalue weighted by Gasteiger charge is -2.24. The van der Waals surface area contributed by atoms with Gasteiger partial charge in [0.15, 0.2) is 0 Å². The Bertz CT molecular complexity index is 365. The van der Waals surface area contributed by atoms with Crippen LogP contribution in [0.25, 0.3) is 0 Å². The number of anilines is 1. The molecule has 0 spiro atoms. The van der Waals surface area contributed by atoms with Crippen molar-refractivity contribution in [3.05, 3.63) is 14.6 Å². The summed E-state index contributed by atoms with van der Waals surface area (Å²) in [6.45, 7) is 1.85. The summed E-state index contributed by atoms with van der Waals surface area (Å²) in [5.74, 6) is 0.